The standard InChI is InChI=1S/C21H20ClN3O2/c1-14-3-6-16(22)11-19(14)25-17-9-10-23-20(12-17)21(26)24-13-15-4-7-18(27-2)8-5-15/h3-12H,13H2,1-2H3,(H,23,25)(H,24,26). The second kappa shape index (κ2) is 8.56. The third-order valence-corrected chi connectivity index (χ3v) is 4.32. The van der Waals surface area contributed by atoms with E-state index in [-0.39, 0.29) is 5.91 Å². The molecular weight excluding hydrogens is 362 g/mol. The quantitative estimate of drug-likeness (QED) is 0.648. The van der Waals surface area contributed by atoms with Gasteiger partial charge in [-0.3, -0.25) is 9.78 Å². The first-order chi connectivity index (χ1) is 13.0. The van der Waals surface area contributed by atoms with Crippen LogP contribution in [0.25, 0.3) is 0 Å². The van der Waals surface area contributed by atoms with E-state index in [0.29, 0.717) is 17.3 Å². The molecule has 0 aliphatic carbocycles. The topological polar surface area (TPSA) is 63.2 Å². The van der Waals surface area contributed by atoms with Crippen LogP contribution in [-0.4, -0.2) is 18.0 Å². The molecule has 3 rings (SSSR count). The number of benzene rings is 2. The Balaban J connectivity index is 1.66. The molecule has 1 amide bonds. The van der Waals surface area contributed by atoms with Gasteiger partial charge in [0.2, 0.25) is 0 Å². The van der Waals surface area contributed by atoms with Crippen LogP contribution in [0.2, 0.25) is 5.02 Å². The Hall–Kier alpha value is -3.05. The molecule has 2 N–H and O–H groups in total. The summed E-state index contributed by atoms with van der Waals surface area (Å²) in [5.41, 5.74) is 4.03. The largest absolute Gasteiger partial charge is 0.497 e. The highest BCUT2D eigenvalue weighted by molar-refractivity contribution is 6.30. The van der Waals surface area contributed by atoms with E-state index >= 15 is 0 Å². The average Bonchev–Trinajstić information content (AvgIpc) is 2.69. The Kier molecular flexibility index (Phi) is 5.94. The lowest BCUT2D eigenvalue weighted by Gasteiger charge is -2.11. The summed E-state index contributed by atoms with van der Waals surface area (Å²) in [5.74, 6) is 0.541. The number of hydrogen-bond donors (Lipinski definition) is 2. The third kappa shape index (κ3) is 4.99. The van der Waals surface area contributed by atoms with Crippen molar-refractivity contribution in [2.75, 3.05) is 12.4 Å². The first-order valence-electron chi connectivity index (χ1n) is 8.45. The van der Waals surface area contributed by atoms with E-state index < -0.39 is 0 Å². The maximum Gasteiger partial charge on any atom is 0.270 e. The summed E-state index contributed by atoms with van der Waals surface area (Å²) in [6.45, 7) is 2.40. The zero-order chi connectivity index (χ0) is 19.2. The molecule has 27 heavy (non-hydrogen) atoms. The maximum atomic E-state index is 12.4. The molecule has 3 aromatic rings. The fourth-order valence-electron chi connectivity index (χ4n) is 2.53. The summed E-state index contributed by atoms with van der Waals surface area (Å²) in [5, 5.41) is 6.80. The molecule has 2 aromatic carbocycles. The van der Waals surface area contributed by atoms with E-state index in [1.54, 1.807) is 25.4 Å². The summed E-state index contributed by atoms with van der Waals surface area (Å²) >= 11 is 6.06. The van der Waals surface area contributed by atoms with Crippen molar-refractivity contribution in [3.05, 3.63) is 82.6 Å². The number of ether oxygens (including phenoxy) is 1. The number of carbonyl (C=O) groups excluding carboxylic acids is 1. The monoisotopic (exact) mass is 381 g/mol. The number of methoxy groups -OCH3 is 1. The van der Waals surface area contributed by atoms with Crippen molar-refractivity contribution in [1.29, 1.82) is 0 Å². The number of carbonyl (C=O) groups is 1. The summed E-state index contributed by atoms with van der Waals surface area (Å²) in [7, 11) is 1.62. The molecule has 0 saturated heterocycles. The van der Waals surface area contributed by atoms with Gasteiger partial charge in [0.05, 0.1) is 7.11 Å². The number of pyridine rings is 1. The van der Waals surface area contributed by atoms with Crippen LogP contribution < -0.4 is 15.4 Å². The van der Waals surface area contributed by atoms with Crippen molar-refractivity contribution in [3.8, 4) is 5.75 Å². The normalized spacial score (nSPS) is 10.3. The lowest BCUT2D eigenvalue weighted by Crippen LogP contribution is -2.23. The maximum absolute atomic E-state index is 12.4. The smallest absolute Gasteiger partial charge is 0.270 e. The second-order valence-electron chi connectivity index (χ2n) is 6.04. The highest BCUT2D eigenvalue weighted by Crippen LogP contribution is 2.24. The van der Waals surface area contributed by atoms with E-state index in [9.17, 15) is 4.79 Å². The zero-order valence-electron chi connectivity index (χ0n) is 15.1. The molecule has 0 saturated carbocycles. The van der Waals surface area contributed by atoms with Crippen molar-refractivity contribution in [2.45, 2.75) is 13.5 Å². The van der Waals surface area contributed by atoms with Crippen LogP contribution in [0.4, 0.5) is 11.4 Å². The second-order valence-corrected chi connectivity index (χ2v) is 6.48. The van der Waals surface area contributed by atoms with Crippen LogP contribution in [-0.2, 0) is 6.54 Å². The van der Waals surface area contributed by atoms with Crippen molar-refractivity contribution in [1.82, 2.24) is 10.3 Å². The molecule has 138 valence electrons. The summed E-state index contributed by atoms with van der Waals surface area (Å²) in [4.78, 5) is 16.6. The molecular formula is C21H20ClN3O2. The Morgan fingerprint density at radius 1 is 1.11 bits per heavy atom. The summed E-state index contributed by atoms with van der Waals surface area (Å²) < 4.78 is 5.13. The number of amides is 1. The first kappa shape index (κ1) is 18.7. The molecule has 0 unspecified atom stereocenters. The van der Waals surface area contributed by atoms with Gasteiger partial charge in [0.1, 0.15) is 11.4 Å². The van der Waals surface area contributed by atoms with E-state index in [0.717, 1.165) is 28.3 Å². The zero-order valence-corrected chi connectivity index (χ0v) is 15.9. The van der Waals surface area contributed by atoms with Crippen LogP contribution >= 0.6 is 11.6 Å². The number of nitrogens with one attached hydrogen (secondary N) is 2. The van der Waals surface area contributed by atoms with Gasteiger partial charge in [0.25, 0.3) is 5.91 Å². The van der Waals surface area contributed by atoms with Gasteiger partial charge in [-0.25, -0.2) is 0 Å². The fraction of sp³-hybridized carbons (Fsp3) is 0.143. The summed E-state index contributed by atoms with van der Waals surface area (Å²) in [6.07, 6.45) is 1.60. The van der Waals surface area contributed by atoms with Gasteiger partial charge in [-0.1, -0.05) is 29.8 Å². The lowest BCUT2D eigenvalue weighted by molar-refractivity contribution is 0.0946. The van der Waals surface area contributed by atoms with Gasteiger partial charge in [-0.05, 0) is 54.4 Å². The minimum atomic E-state index is -0.239. The number of nitrogens with zero attached hydrogens (tertiary/aromatic N) is 1. The molecule has 1 heterocycles. The number of hydrogen-bond acceptors (Lipinski definition) is 4. The van der Waals surface area contributed by atoms with Crippen molar-refractivity contribution in [3.63, 3.8) is 0 Å². The predicted octanol–water partition coefficient (Wildman–Crippen LogP) is 4.73. The molecule has 0 fully saturated rings. The Labute approximate surface area is 163 Å². The van der Waals surface area contributed by atoms with E-state index in [4.69, 9.17) is 16.3 Å². The molecule has 0 aliphatic rings. The SMILES string of the molecule is COc1ccc(CNC(=O)c2cc(Nc3cc(Cl)ccc3C)ccn2)cc1. The van der Waals surface area contributed by atoms with Crippen LogP contribution in [0.5, 0.6) is 5.75 Å². The van der Waals surface area contributed by atoms with E-state index in [1.165, 1.54) is 0 Å². The summed E-state index contributed by atoms with van der Waals surface area (Å²) in [6, 6.07) is 16.7. The van der Waals surface area contributed by atoms with Crippen molar-refractivity contribution < 1.29 is 9.53 Å². The molecule has 0 bridgehead atoms. The Bertz CT molecular complexity index is 942. The molecule has 0 aliphatic heterocycles. The van der Waals surface area contributed by atoms with Crippen LogP contribution in [0.3, 0.4) is 0 Å². The minimum absolute atomic E-state index is 0.239. The highest BCUT2D eigenvalue weighted by atomic mass is 35.5. The molecule has 0 atom stereocenters. The van der Waals surface area contributed by atoms with Crippen molar-refractivity contribution in [2.24, 2.45) is 0 Å². The van der Waals surface area contributed by atoms with E-state index in [2.05, 4.69) is 15.6 Å². The fourth-order valence-corrected chi connectivity index (χ4v) is 2.71. The molecule has 0 spiro atoms. The predicted molar refractivity (Wildman–Crippen MR) is 108 cm³/mol. The molecule has 0 radical (unpaired) electrons. The minimum Gasteiger partial charge on any atom is -0.497 e. The number of rotatable bonds is 6. The Morgan fingerprint density at radius 3 is 2.63 bits per heavy atom. The third-order valence-electron chi connectivity index (χ3n) is 4.08. The van der Waals surface area contributed by atoms with Crippen LogP contribution in [0, 0.1) is 6.92 Å². The van der Waals surface area contributed by atoms with Crippen LogP contribution in [0.1, 0.15) is 21.6 Å². The molecule has 6 heteroatoms. The number of aromatic nitrogens is 1. The Morgan fingerprint density at radius 2 is 1.89 bits per heavy atom. The van der Waals surface area contributed by atoms with E-state index in [1.807, 2.05) is 49.4 Å². The highest BCUT2D eigenvalue weighted by Gasteiger charge is 2.09. The van der Waals surface area contributed by atoms with Crippen LogP contribution in [0.15, 0.2) is 60.8 Å². The number of anilines is 2. The van der Waals surface area contributed by atoms with Gasteiger partial charge >= 0.3 is 0 Å². The first-order valence-corrected chi connectivity index (χ1v) is 8.83. The lowest BCUT2D eigenvalue weighted by atomic mass is 10.2. The van der Waals surface area contributed by atoms with Gasteiger partial charge in [-0.2, -0.15) is 0 Å². The number of halogens is 1. The number of aryl methyl sites for hydroxylation is 1. The van der Waals surface area contributed by atoms with Gasteiger partial charge in [0, 0.05) is 29.1 Å². The van der Waals surface area contributed by atoms with Gasteiger partial charge in [-0.15, -0.1) is 0 Å². The molecule has 1 aromatic heterocycles. The van der Waals surface area contributed by atoms with Gasteiger partial charge < -0.3 is 15.4 Å². The average molecular weight is 382 g/mol. The van der Waals surface area contributed by atoms with Crippen molar-refractivity contribution >= 4 is 28.9 Å². The van der Waals surface area contributed by atoms with Gasteiger partial charge in [0.15, 0.2) is 0 Å². The molecule has 5 nitrogen and oxygen atoms in total.